The molecular formula is C17H13N3. The minimum atomic E-state index is 0.926. The van der Waals surface area contributed by atoms with Crippen LogP contribution in [0.1, 0.15) is 5.56 Å². The minimum Gasteiger partial charge on any atom is -0.300 e. The lowest BCUT2D eigenvalue weighted by atomic mass is 10.1. The van der Waals surface area contributed by atoms with Crippen molar-refractivity contribution in [1.29, 1.82) is 0 Å². The highest BCUT2D eigenvalue weighted by Crippen LogP contribution is 2.23. The molecule has 0 aliphatic carbocycles. The molecule has 0 atom stereocenters. The van der Waals surface area contributed by atoms with E-state index in [2.05, 4.69) is 51.8 Å². The van der Waals surface area contributed by atoms with E-state index in [9.17, 15) is 0 Å². The summed E-state index contributed by atoms with van der Waals surface area (Å²) in [6, 6.07) is 12.5. The minimum absolute atomic E-state index is 0.926. The normalized spacial score (nSPS) is 11.2. The van der Waals surface area contributed by atoms with E-state index in [1.54, 1.807) is 0 Å². The van der Waals surface area contributed by atoms with E-state index in [1.165, 1.54) is 21.7 Å². The smallest absolute Gasteiger partial charge is 0.137 e. The zero-order valence-corrected chi connectivity index (χ0v) is 11.1. The molecule has 0 saturated carbocycles. The molecule has 0 saturated heterocycles. The summed E-state index contributed by atoms with van der Waals surface area (Å²) in [4.78, 5) is 8.78. The molecule has 0 fully saturated rings. The van der Waals surface area contributed by atoms with Crippen LogP contribution in [-0.4, -0.2) is 14.5 Å². The topological polar surface area (TPSA) is 30.7 Å². The number of aromatic nitrogens is 3. The highest BCUT2D eigenvalue weighted by molar-refractivity contribution is 5.87. The van der Waals surface area contributed by atoms with Gasteiger partial charge in [-0.05, 0) is 36.1 Å². The van der Waals surface area contributed by atoms with Crippen LogP contribution in [0.2, 0.25) is 0 Å². The van der Waals surface area contributed by atoms with Crippen LogP contribution in [0.25, 0.3) is 27.5 Å². The number of pyridine rings is 2. The average molecular weight is 259 g/mol. The maximum atomic E-state index is 4.58. The third kappa shape index (κ3) is 1.60. The summed E-state index contributed by atoms with van der Waals surface area (Å²) >= 11 is 0. The van der Waals surface area contributed by atoms with Gasteiger partial charge >= 0.3 is 0 Å². The van der Waals surface area contributed by atoms with Crippen LogP contribution in [0.4, 0.5) is 0 Å². The fourth-order valence-electron chi connectivity index (χ4n) is 2.62. The zero-order valence-electron chi connectivity index (χ0n) is 11.1. The standard InChI is InChI=1S/C17H13N3/c1-12-3-2-4-14-10-19-17(9-15(12)14)20-8-6-13-5-7-18-11-16(13)20/h2-11H,1H3. The number of rotatable bonds is 1. The molecule has 0 aliphatic rings. The lowest BCUT2D eigenvalue weighted by Gasteiger charge is -2.07. The van der Waals surface area contributed by atoms with Gasteiger partial charge in [-0.25, -0.2) is 4.98 Å². The van der Waals surface area contributed by atoms with E-state index in [0.717, 1.165) is 11.3 Å². The summed E-state index contributed by atoms with van der Waals surface area (Å²) in [5.41, 5.74) is 2.34. The molecule has 0 aliphatic heterocycles. The Balaban J connectivity index is 2.00. The first kappa shape index (κ1) is 11.2. The van der Waals surface area contributed by atoms with E-state index in [1.807, 2.05) is 30.9 Å². The van der Waals surface area contributed by atoms with E-state index < -0.39 is 0 Å². The zero-order chi connectivity index (χ0) is 13.5. The van der Waals surface area contributed by atoms with Crippen molar-refractivity contribution in [1.82, 2.24) is 14.5 Å². The van der Waals surface area contributed by atoms with Gasteiger partial charge in [-0.2, -0.15) is 0 Å². The molecule has 0 amide bonds. The van der Waals surface area contributed by atoms with Gasteiger partial charge in [0.05, 0.1) is 11.7 Å². The van der Waals surface area contributed by atoms with E-state index >= 15 is 0 Å². The first-order valence-electron chi connectivity index (χ1n) is 6.60. The SMILES string of the molecule is Cc1cccc2cnc(-n3ccc4ccncc43)cc12. The number of hydrogen-bond acceptors (Lipinski definition) is 2. The largest absolute Gasteiger partial charge is 0.300 e. The summed E-state index contributed by atoms with van der Waals surface area (Å²) in [5.74, 6) is 0.926. The number of nitrogens with zero attached hydrogens (tertiary/aromatic N) is 3. The maximum absolute atomic E-state index is 4.58. The predicted octanol–water partition coefficient (Wildman–Crippen LogP) is 3.88. The van der Waals surface area contributed by atoms with Crippen molar-refractivity contribution >= 4 is 21.7 Å². The second kappa shape index (κ2) is 4.17. The van der Waals surface area contributed by atoms with Crippen molar-refractivity contribution in [3.63, 3.8) is 0 Å². The second-order valence-corrected chi connectivity index (χ2v) is 4.96. The summed E-state index contributed by atoms with van der Waals surface area (Å²) < 4.78 is 2.08. The number of aryl methyl sites for hydroxylation is 1. The molecule has 96 valence electrons. The van der Waals surface area contributed by atoms with Gasteiger partial charge in [-0.15, -0.1) is 0 Å². The Morgan fingerprint density at radius 1 is 1.00 bits per heavy atom. The van der Waals surface area contributed by atoms with Crippen LogP contribution in [0.5, 0.6) is 0 Å². The van der Waals surface area contributed by atoms with Crippen LogP contribution in [0, 0.1) is 6.92 Å². The van der Waals surface area contributed by atoms with Crippen molar-refractivity contribution in [3.05, 3.63) is 66.7 Å². The predicted molar refractivity (Wildman–Crippen MR) is 81.1 cm³/mol. The molecular weight excluding hydrogens is 246 g/mol. The van der Waals surface area contributed by atoms with Crippen LogP contribution in [-0.2, 0) is 0 Å². The fraction of sp³-hybridized carbons (Fsp3) is 0.0588. The van der Waals surface area contributed by atoms with Gasteiger partial charge in [0, 0.05) is 29.4 Å². The highest BCUT2D eigenvalue weighted by Gasteiger charge is 2.06. The second-order valence-electron chi connectivity index (χ2n) is 4.96. The molecule has 3 heteroatoms. The summed E-state index contributed by atoms with van der Waals surface area (Å²) in [5, 5.41) is 3.58. The Morgan fingerprint density at radius 3 is 2.90 bits per heavy atom. The van der Waals surface area contributed by atoms with Crippen LogP contribution < -0.4 is 0 Å². The molecule has 0 unspecified atom stereocenters. The molecule has 4 aromatic rings. The van der Waals surface area contributed by atoms with Gasteiger partial charge in [0.25, 0.3) is 0 Å². The number of hydrogen-bond donors (Lipinski definition) is 0. The Labute approximate surface area is 116 Å². The maximum Gasteiger partial charge on any atom is 0.137 e. The molecule has 20 heavy (non-hydrogen) atoms. The monoisotopic (exact) mass is 259 g/mol. The Morgan fingerprint density at radius 2 is 1.95 bits per heavy atom. The summed E-state index contributed by atoms with van der Waals surface area (Å²) in [6.07, 6.45) is 7.66. The molecule has 3 aromatic heterocycles. The molecule has 3 nitrogen and oxygen atoms in total. The molecule has 0 bridgehead atoms. The van der Waals surface area contributed by atoms with Crippen LogP contribution in [0.15, 0.2) is 61.2 Å². The molecule has 4 rings (SSSR count). The molecule has 0 N–H and O–H groups in total. The van der Waals surface area contributed by atoms with Gasteiger partial charge < -0.3 is 0 Å². The van der Waals surface area contributed by atoms with Crippen molar-refractivity contribution < 1.29 is 0 Å². The van der Waals surface area contributed by atoms with Crippen molar-refractivity contribution in [3.8, 4) is 5.82 Å². The molecule has 0 radical (unpaired) electrons. The van der Waals surface area contributed by atoms with E-state index in [4.69, 9.17) is 0 Å². The van der Waals surface area contributed by atoms with Crippen LogP contribution in [0.3, 0.4) is 0 Å². The van der Waals surface area contributed by atoms with Crippen LogP contribution >= 0.6 is 0 Å². The average Bonchev–Trinajstić information content (AvgIpc) is 2.91. The Bertz CT molecular complexity index is 922. The first-order chi connectivity index (χ1) is 9.83. The van der Waals surface area contributed by atoms with Gasteiger partial charge in [0.2, 0.25) is 0 Å². The van der Waals surface area contributed by atoms with Gasteiger partial charge in [0.1, 0.15) is 5.82 Å². The Hall–Kier alpha value is -2.68. The molecule has 0 spiro atoms. The van der Waals surface area contributed by atoms with E-state index in [0.29, 0.717) is 0 Å². The first-order valence-corrected chi connectivity index (χ1v) is 6.60. The van der Waals surface area contributed by atoms with Gasteiger partial charge in [-0.1, -0.05) is 18.2 Å². The van der Waals surface area contributed by atoms with Crippen molar-refractivity contribution in [2.45, 2.75) is 6.92 Å². The molecule has 3 heterocycles. The third-order valence-corrected chi connectivity index (χ3v) is 3.71. The number of fused-ring (bicyclic) bond motifs is 2. The number of benzene rings is 1. The van der Waals surface area contributed by atoms with Crippen molar-refractivity contribution in [2.24, 2.45) is 0 Å². The van der Waals surface area contributed by atoms with Gasteiger partial charge in [0.15, 0.2) is 0 Å². The summed E-state index contributed by atoms with van der Waals surface area (Å²) in [6.45, 7) is 2.13. The fourth-order valence-corrected chi connectivity index (χ4v) is 2.62. The van der Waals surface area contributed by atoms with E-state index in [-0.39, 0.29) is 0 Å². The van der Waals surface area contributed by atoms with Crippen molar-refractivity contribution in [2.75, 3.05) is 0 Å². The quantitative estimate of drug-likeness (QED) is 0.519. The molecule has 1 aromatic carbocycles. The summed E-state index contributed by atoms with van der Waals surface area (Å²) in [7, 11) is 0. The third-order valence-electron chi connectivity index (χ3n) is 3.71. The van der Waals surface area contributed by atoms with Gasteiger partial charge in [-0.3, -0.25) is 9.55 Å². The lowest BCUT2D eigenvalue weighted by molar-refractivity contribution is 1.05. The Kier molecular flexibility index (Phi) is 2.33. The lowest BCUT2D eigenvalue weighted by Crippen LogP contribution is -1.96. The highest BCUT2D eigenvalue weighted by atomic mass is 15.1.